The van der Waals surface area contributed by atoms with E-state index < -0.39 is 10.0 Å². The van der Waals surface area contributed by atoms with Crippen molar-refractivity contribution in [3.8, 4) is 0 Å². The van der Waals surface area contributed by atoms with E-state index in [1.807, 2.05) is 36.4 Å². The molecule has 0 radical (unpaired) electrons. The molecule has 0 saturated carbocycles. The molecule has 0 unspecified atom stereocenters. The van der Waals surface area contributed by atoms with Crippen LogP contribution in [0.25, 0.3) is 0 Å². The first-order valence-electron chi connectivity index (χ1n) is 7.05. The van der Waals surface area contributed by atoms with E-state index in [-0.39, 0.29) is 0 Å². The van der Waals surface area contributed by atoms with Gasteiger partial charge in [0, 0.05) is 18.8 Å². The first-order chi connectivity index (χ1) is 10.1. The Balaban J connectivity index is 1.78. The molecule has 1 aliphatic rings. The third kappa shape index (κ3) is 3.25. The molecule has 0 saturated heterocycles. The molecule has 21 heavy (non-hydrogen) atoms. The van der Waals surface area contributed by atoms with E-state index in [2.05, 4.69) is 10.0 Å². The van der Waals surface area contributed by atoms with Gasteiger partial charge in [0.1, 0.15) is 0 Å². The quantitative estimate of drug-likeness (QED) is 0.912. The molecule has 2 aromatic rings. The molecule has 0 atom stereocenters. The average Bonchev–Trinajstić information content (AvgIpc) is 2.53. The summed E-state index contributed by atoms with van der Waals surface area (Å²) in [5, 5.41) is 3.26. The van der Waals surface area contributed by atoms with Crippen LogP contribution in [0.4, 0.5) is 5.69 Å². The van der Waals surface area contributed by atoms with Crippen LogP contribution in [0, 0.1) is 0 Å². The minimum atomic E-state index is -3.48. The number of hydrogen-bond acceptors (Lipinski definition) is 3. The van der Waals surface area contributed by atoms with Crippen LogP contribution in [0.15, 0.2) is 53.4 Å². The monoisotopic (exact) mass is 302 g/mol. The molecule has 0 aliphatic carbocycles. The van der Waals surface area contributed by atoms with Crippen molar-refractivity contribution in [2.24, 2.45) is 0 Å². The highest BCUT2D eigenvalue weighted by molar-refractivity contribution is 7.89. The zero-order valence-electron chi connectivity index (χ0n) is 11.7. The number of aryl methyl sites for hydroxylation is 1. The van der Waals surface area contributed by atoms with Crippen LogP contribution < -0.4 is 10.0 Å². The lowest BCUT2D eigenvalue weighted by Gasteiger charge is -2.18. The molecule has 1 aliphatic heterocycles. The number of rotatable bonds is 4. The predicted octanol–water partition coefficient (Wildman–Crippen LogP) is 2.52. The van der Waals surface area contributed by atoms with Crippen molar-refractivity contribution in [2.75, 3.05) is 11.9 Å². The molecule has 110 valence electrons. The van der Waals surface area contributed by atoms with E-state index in [0.717, 1.165) is 30.6 Å². The van der Waals surface area contributed by atoms with Crippen molar-refractivity contribution in [3.63, 3.8) is 0 Å². The minimum Gasteiger partial charge on any atom is -0.385 e. The lowest BCUT2D eigenvalue weighted by molar-refractivity contribution is 0.581. The van der Waals surface area contributed by atoms with Crippen molar-refractivity contribution in [3.05, 3.63) is 59.7 Å². The molecule has 2 N–H and O–H groups in total. The molecule has 2 aromatic carbocycles. The van der Waals surface area contributed by atoms with Gasteiger partial charge in [0.05, 0.1) is 4.90 Å². The molecule has 1 heterocycles. The van der Waals surface area contributed by atoms with Crippen LogP contribution in [0.2, 0.25) is 0 Å². The van der Waals surface area contributed by atoms with Crippen molar-refractivity contribution < 1.29 is 8.42 Å². The molecule has 0 spiro atoms. The molecular formula is C16H18N2O2S. The van der Waals surface area contributed by atoms with E-state index in [4.69, 9.17) is 0 Å². The predicted molar refractivity (Wildman–Crippen MR) is 83.7 cm³/mol. The fraction of sp³-hybridized carbons (Fsp3) is 0.250. The number of benzene rings is 2. The summed E-state index contributed by atoms with van der Waals surface area (Å²) in [5.41, 5.74) is 3.06. The van der Waals surface area contributed by atoms with Gasteiger partial charge in [-0.15, -0.1) is 0 Å². The van der Waals surface area contributed by atoms with Crippen molar-refractivity contribution in [1.29, 1.82) is 0 Å². The Labute approximate surface area is 125 Å². The molecule has 0 amide bonds. The lowest BCUT2D eigenvalue weighted by Crippen LogP contribution is -2.23. The van der Waals surface area contributed by atoms with E-state index in [1.165, 1.54) is 5.56 Å². The highest BCUT2D eigenvalue weighted by atomic mass is 32.2. The Bertz CT molecular complexity index is 727. The maximum Gasteiger partial charge on any atom is 0.240 e. The smallest absolute Gasteiger partial charge is 0.240 e. The maximum atomic E-state index is 12.4. The number of nitrogens with one attached hydrogen (secondary N) is 2. The standard InChI is InChI=1S/C16H18N2O2S/c19-21(20,18-12-13-5-2-1-3-6-13)15-9-8-14-7-4-10-17-16(14)11-15/h1-3,5-6,8-9,11,17-18H,4,7,10,12H2. The molecule has 4 nitrogen and oxygen atoms in total. The highest BCUT2D eigenvalue weighted by Gasteiger charge is 2.17. The van der Waals surface area contributed by atoms with Gasteiger partial charge in [-0.25, -0.2) is 13.1 Å². The van der Waals surface area contributed by atoms with Crippen LogP contribution >= 0.6 is 0 Å². The topological polar surface area (TPSA) is 58.2 Å². The summed E-state index contributed by atoms with van der Waals surface area (Å²) >= 11 is 0. The van der Waals surface area contributed by atoms with Crippen molar-refractivity contribution in [1.82, 2.24) is 4.72 Å². The Morgan fingerprint density at radius 2 is 1.90 bits per heavy atom. The minimum absolute atomic E-state index is 0.299. The zero-order chi connectivity index (χ0) is 14.7. The number of hydrogen-bond donors (Lipinski definition) is 2. The van der Waals surface area contributed by atoms with Gasteiger partial charge in [0.15, 0.2) is 0 Å². The van der Waals surface area contributed by atoms with Gasteiger partial charge < -0.3 is 5.32 Å². The lowest BCUT2D eigenvalue weighted by atomic mass is 10.0. The first-order valence-corrected chi connectivity index (χ1v) is 8.54. The molecular weight excluding hydrogens is 284 g/mol. The summed E-state index contributed by atoms with van der Waals surface area (Å²) in [4.78, 5) is 0.312. The maximum absolute atomic E-state index is 12.4. The summed E-state index contributed by atoms with van der Waals surface area (Å²) in [6.07, 6.45) is 2.09. The van der Waals surface area contributed by atoms with Gasteiger partial charge in [-0.3, -0.25) is 0 Å². The highest BCUT2D eigenvalue weighted by Crippen LogP contribution is 2.25. The van der Waals surface area contributed by atoms with Crippen molar-refractivity contribution >= 4 is 15.7 Å². The fourth-order valence-corrected chi connectivity index (χ4v) is 3.51. The van der Waals surface area contributed by atoms with Crippen LogP contribution in [0.5, 0.6) is 0 Å². The van der Waals surface area contributed by atoms with Crippen LogP contribution in [-0.2, 0) is 23.0 Å². The third-order valence-electron chi connectivity index (χ3n) is 3.64. The summed E-state index contributed by atoms with van der Waals surface area (Å²) in [6.45, 7) is 1.20. The average molecular weight is 302 g/mol. The van der Waals surface area contributed by atoms with Gasteiger partial charge in [-0.05, 0) is 36.1 Å². The van der Waals surface area contributed by atoms with E-state index in [0.29, 0.717) is 11.4 Å². The number of sulfonamides is 1. The first kappa shape index (κ1) is 14.1. The van der Waals surface area contributed by atoms with Gasteiger partial charge in [0.2, 0.25) is 10.0 Å². The Kier molecular flexibility index (Phi) is 3.94. The van der Waals surface area contributed by atoms with Gasteiger partial charge in [0.25, 0.3) is 0 Å². The van der Waals surface area contributed by atoms with Gasteiger partial charge in [-0.1, -0.05) is 36.4 Å². The second-order valence-corrected chi connectivity index (χ2v) is 6.93. The third-order valence-corrected chi connectivity index (χ3v) is 5.04. The number of anilines is 1. The van der Waals surface area contributed by atoms with Crippen LogP contribution in [-0.4, -0.2) is 15.0 Å². The SMILES string of the molecule is O=S(=O)(NCc1ccccc1)c1ccc2c(c1)NCCC2. The van der Waals surface area contributed by atoms with E-state index in [1.54, 1.807) is 12.1 Å². The summed E-state index contributed by atoms with van der Waals surface area (Å²) in [6, 6.07) is 14.8. The number of fused-ring (bicyclic) bond motifs is 1. The molecule has 5 heteroatoms. The summed E-state index contributed by atoms with van der Waals surface area (Å²) in [7, 11) is -3.48. The normalized spacial score (nSPS) is 14.3. The van der Waals surface area contributed by atoms with Crippen LogP contribution in [0.3, 0.4) is 0 Å². The van der Waals surface area contributed by atoms with Gasteiger partial charge >= 0.3 is 0 Å². The Morgan fingerprint density at radius 1 is 1.10 bits per heavy atom. The Morgan fingerprint density at radius 3 is 2.71 bits per heavy atom. The molecule has 0 aromatic heterocycles. The fourth-order valence-electron chi connectivity index (χ4n) is 2.46. The molecule has 0 bridgehead atoms. The molecule has 3 rings (SSSR count). The van der Waals surface area contributed by atoms with Crippen molar-refractivity contribution in [2.45, 2.75) is 24.3 Å². The summed E-state index contributed by atoms with van der Waals surface area (Å²) < 4.78 is 27.3. The molecule has 0 fully saturated rings. The van der Waals surface area contributed by atoms with Crippen LogP contribution in [0.1, 0.15) is 17.5 Å². The zero-order valence-corrected chi connectivity index (χ0v) is 12.5. The summed E-state index contributed by atoms with van der Waals surface area (Å²) in [5.74, 6) is 0. The largest absolute Gasteiger partial charge is 0.385 e. The Hall–Kier alpha value is -1.85. The van der Waals surface area contributed by atoms with Gasteiger partial charge in [-0.2, -0.15) is 0 Å². The van der Waals surface area contributed by atoms with E-state index in [9.17, 15) is 8.42 Å². The second kappa shape index (κ2) is 5.87. The second-order valence-electron chi connectivity index (χ2n) is 5.16. The van der Waals surface area contributed by atoms with E-state index >= 15 is 0 Å².